The van der Waals surface area contributed by atoms with Gasteiger partial charge in [-0.15, -0.1) is 0 Å². The van der Waals surface area contributed by atoms with Crippen LogP contribution in [-0.2, 0) is 16.1 Å². The molecule has 1 aromatic carbocycles. The average molecular weight is 303 g/mol. The standard InChI is InChI=1S/C16H21N3O3/c1-16(2,3)22-15(21)17-19-10-9-18(12-14(19)20)11-13-7-5-4-6-8-13/h4-10H,11-12H2,1-3H3,(H,17,21). The van der Waals surface area contributed by atoms with Gasteiger partial charge in [0.2, 0.25) is 0 Å². The van der Waals surface area contributed by atoms with E-state index in [2.05, 4.69) is 5.43 Å². The zero-order chi connectivity index (χ0) is 16.2. The van der Waals surface area contributed by atoms with Crippen LogP contribution in [0, 0.1) is 0 Å². The maximum atomic E-state index is 12.1. The summed E-state index contributed by atoms with van der Waals surface area (Å²) in [7, 11) is 0. The van der Waals surface area contributed by atoms with E-state index >= 15 is 0 Å². The lowest BCUT2D eigenvalue weighted by molar-refractivity contribution is -0.133. The Bertz CT molecular complexity index is 564. The smallest absolute Gasteiger partial charge is 0.427 e. The molecule has 22 heavy (non-hydrogen) atoms. The maximum Gasteiger partial charge on any atom is 0.427 e. The summed E-state index contributed by atoms with van der Waals surface area (Å²) in [6, 6.07) is 9.88. The SMILES string of the molecule is CC(C)(C)OC(=O)NN1C=CN(Cc2ccccc2)CC1=O. The van der Waals surface area contributed by atoms with Gasteiger partial charge in [0.05, 0.1) is 6.54 Å². The molecule has 1 aromatic rings. The van der Waals surface area contributed by atoms with E-state index in [1.807, 2.05) is 35.2 Å². The van der Waals surface area contributed by atoms with Crippen molar-refractivity contribution in [3.63, 3.8) is 0 Å². The third kappa shape index (κ3) is 4.80. The number of carbonyl (C=O) groups excluding carboxylic acids is 2. The minimum Gasteiger partial charge on any atom is -0.443 e. The van der Waals surface area contributed by atoms with Crippen LogP contribution in [0.2, 0.25) is 0 Å². The van der Waals surface area contributed by atoms with Gasteiger partial charge >= 0.3 is 6.09 Å². The maximum absolute atomic E-state index is 12.1. The molecule has 0 radical (unpaired) electrons. The van der Waals surface area contributed by atoms with E-state index in [1.165, 1.54) is 6.20 Å². The summed E-state index contributed by atoms with van der Waals surface area (Å²) in [4.78, 5) is 25.6. The molecular weight excluding hydrogens is 282 g/mol. The van der Waals surface area contributed by atoms with E-state index < -0.39 is 11.7 Å². The Kier molecular flexibility index (Phi) is 4.70. The summed E-state index contributed by atoms with van der Waals surface area (Å²) < 4.78 is 5.12. The Morgan fingerprint density at radius 2 is 1.91 bits per heavy atom. The molecule has 0 aliphatic carbocycles. The highest BCUT2D eigenvalue weighted by molar-refractivity contribution is 5.82. The molecular formula is C16H21N3O3. The number of nitrogens with one attached hydrogen (secondary N) is 1. The topological polar surface area (TPSA) is 61.9 Å². The number of hydrogen-bond donors (Lipinski definition) is 1. The molecule has 6 heteroatoms. The van der Waals surface area contributed by atoms with Gasteiger partial charge < -0.3 is 9.64 Å². The van der Waals surface area contributed by atoms with Crippen LogP contribution >= 0.6 is 0 Å². The first-order valence-corrected chi connectivity index (χ1v) is 7.11. The molecule has 0 atom stereocenters. The van der Waals surface area contributed by atoms with Crippen molar-refractivity contribution in [3.8, 4) is 0 Å². The Hall–Kier alpha value is -2.50. The molecule has 0 unspecified atom stereocenters. The second-order valence-electron chi connectivity index (χ2n) is 6.07. The van der Waals surface area contributed by atoms with Crippen LogP contribution in [-0.4, -0.2) is 34.1 Å². The second-order valence-corrected chi connectivity index (χ2v) is 6.07. The van der Waals surface area contributed by atoms with Crippen LogP contribution in [0.1, 0.15) is 26.3 Å². The normalized spacial score (nSPS) is 15.0. The second kappa shape index (κ2) is 6.51. The molecule has 1 aliphatic rings. The van der Waals surface area contributed by atoms with Crippen molar-refractivity contribution in [1.29, 1.82) is 0 Å². The summed E-state index contributed by atoms with van der Waals surface area (Å²) in [6.07, 6.45) is 2.65. The lowest BCUT2D eigenvalue weighted by Gasteiger charge is -2.30. The predicted octanol–water partition coefficient (Wildman–Crippen LogP) is 2.24. The Balaban J connectivity index is 1.91. The summed E-state index contributed by atoms with van der Waals surface area (Å²) >= 11 is 0. The molecule has 0 spiro atoms. The van der Waals surface area contributed by atoms with Crippen molar-refractivity contribution < 1.29 is 14.3 Å². The van der Waals surface area contributed by atoms with Crippen molar-refractivity contribution in [2.75, 3.05) is 6.54 Å². The first-order valence-electron chi connectivity index (χ1n) is 7.11. The van der Waals surface area contributed by atoms with Gasteiger partial charge in [-0.05, 0) is 26.3 Å². The molecule has 0 aromatic heterocycles. The fraction of sp³-hybridized carbons (Fsp3) is 0.375. The summed E-state index contributed by atoms with van der Waals surface area (Å²) in [5, 5.41) is 1.15. The monoisotopic (exact) mass is 303 g/mol. The molecule has 0 saturated carbocycles. The lowest BCUT2D eigenvalue weighted by atomic mass is 10.2. The number of carbonyl (C=O) groups is 2. The van der Waals surface area contributed by atoms with E-state index in [9.17, 15) is 9.59 Å². The Morgan fingerprint density at radius 3 is 2.50 bits per heavy atom. The number of benzene rings is 1. The number of amides is 2. The number of hydrogen-bond acceptors (Lipinski definition) is 4. The van der Waals surface area contributed by atoms with Gasteiger partial charge in [0, 0.05) is 18.9 Å². The Morgan fingerprint density at radius 1 is 1.23 bits per heavy atom. The fourth-order valence-electron chi connectivity index (χ4n) is 1.97. The van der Waals surface area contributed by atoms with Crippen molar-refractivity contribution in [1.82, 2.24) is 15.3 Å². The van der Waals surface area contributed by atoms with E-state index in [0.717, 1.165) is 10.6 Å². The van der Waals surface area contributed by atoms with Gasteiger partial charge in [0.15, 0.2) is 0 Å². The molecule has 2 amide bonds. The van der Waals surface area contributed by atoms with Crippen molar-refractivity contribution in [3.05, 3.63) is 48.3 Å². The first kappa shape index (κ1) is 15.9. The molecule has 1 heterocycles. The number of nitrogens with zero attached hydrogens (tertiary/aromatic N) is 2. The van der Waals surface area contributed by atoms with Crippen LogP contribution in [0.4, 0.5) is 4.79 Å². The van der Waals surface area contributed by atoms with Gasteiger partial charge in [-0.3, -0.25) is 4.79 Å². The summed E-state index contributed by atoms with van der Waals surface area (Å²) in [5.41, 5.74) is 2.93. The van der Waals surface area contributed by atoms with Crippen LogP contribution in [0.25, 0.3) is 0 Å². The number of ether oxygens (including phenoxy) is 1. The minimum atomic E-state index is -0.651. The van der Waals surface area contributed by atoms with Gasteiger partial charge in [-0.1, -0.05) is 30.3 Å². The van der Waals surface area contributed by atoms with Crippen molar-refractivity contribution >= 4 is 12.0 Å². The molecule has 0 fully saturated rings. The number of hydrazine groups is 1. The first-order chi connectivity index (χ1) is 10.3. The molecule has 1 aliphatic heterocycles. The van der Waals surface area contributed by atoms with Crippen LogP contribution in [0.5, 0.6) is 0 Å². The quantitative estimate of drug-likeness (QED) is 0.930. The van der Waals surface area contributed by atoms with Crippen LogP contribution < -0.4 is 5.43 Å². The van der Waals surface area contributed by atoms with Gasteiger partial charge in [0.1, 0.15) is 5.60 Å². The summed E-state index contributed by atoms with van der Waals surface area (Å²) in [6.45, 7) is 6.14. The van der Waals surface area contributed by atoms with E-state index in [4.69, 9.17) is 4.74 Å². The molecule has 0 saturated heterocycles. The average Bonchev–Trinajstić information content (AvgIpc) is 2.41. The lowest BCUT2D eigenvalue weighted by Crippen LogP contribution is -2.50. The highest BCUT2D eigenvalue weighted by Gasteiger charge is 2.23. The summed E-state index contributed by atoms with van der Waals surface area (Å²) in [5.74, 6) is -0.218. The molecule has 2 rings (SSSR count). The minimum absolute atomic E-state index is 0.196. The molecule has 0 bridgehead atoms. The highest BCUT2D eigenvalue weighted by atomic mass is 16.6. The zero-order valence-electron chi connectivity index (χ0n) is 13.1. The molecule has 6 nitrogen and oxygen atoms in total. The zero-order valence-corrected chi connectivity index (χ0v) is 13.1. The van der Waals surface area contributed by atoms with Crippen LogP contribution in [0.3, 0.4) is 0 Å². The van der Waals surface area contributed by atoms with Crippen molar-refractivity contribution in [2.45, 2.75) is 32.9 Å². The van der Waals surface area contributed by atoms with Crippen LogP contribution in [0.15, 0.2) is 42.7 Å². The third-order valence-corrected chi connectivity index (χ3v) is 2.87. The van der Waals surface area contributed by atoms with E-state index in [-0.39, 0.29) is 12.5 Å². The molecule has 118 valence electrons. The van der Waals surface area contributed by atoms with Crippen molar-refractivity contribution in [2.24, 2.45) is 0 Å². The van der Waals surface area contributed by atoms with E-state index in [0.29, 0.717) is 6.54 Å². The number of rotatable bonds is 3. The van der Waals surface area contributed by atoms with Gasteiger partial charge in [-0.2, -0.15) is 0 Å². The Labute approximate surface area is 130 Å². The molecule has 1 N–H and O–H groups in total. The highest BCUT2D eigenvalue weighted by Crippen LogP contribution is 2.10. The largest absolute Gasteiger partial charge is 0.443 e. The third-order valence-electron chi connectivity index (χ3n) is 2.87. The fourth-order valence-corrected chi connectivity index (χ4v) is 1.97. The predicted molar refractivity (Wildman–Crippen MR) is 82.2 cm³/mol. The van der Waals surface area contributed by atoms with Gasteiger partial charge in [-0.25, -0.2) is 15.2 Å². The van der Waals surface area contributed by atoms with E-state index in [1.54, 1.807) is 27.0 Å². The van der Waals surface area contributed by atoms with Gasteiger partial charge in [0.25, 0.3) is 5.91 Å².